The van der Waals surface area contributed by atoms with Gasteiger partial charge in [0.2, 0.25) is 10.0 Å². The molecule has 1 aliphatic carbocycles. The fraction of sp³-hybridized carbons (Fsp3) is 0.500. The number of nitrogens with one attached hydrogen (secondary N) is 1. The van der Waals surface area contributed by atoms with Crippen LogP contribution in [-0.4, -0.2) is 21.6 Å². The first-order valence-electron chi connectivity index (χ1n) is 9.16. The van der Waals surface area contributed by atoms with Crippen molar-refractivity contribution in [3.05, 3.63) is 45.6 Å². The summed E-state index contributed by atoms with van der Waals surface area (Å²) < 4.78 is 34.4. The number of hydrogen-bond acceptors (Lipinski definition) is 4. The number of sulfonamides is 1. The van der Waals surface area contributed by atoms with Gasteiger partial charge in [-0.2, -0.15) is 0 Å². The third-order valence-electron chi connectivity index (χ3n) is 5.24. The molecule has 2 aromatic rings. The summed E-state index contributed by atoms with van der Waals surface area (Å²) in [6.45, 7) is 6.73. The number of benzene rings is 1. The lowest BCUT2D eigenvalue weighted by molar-refractivity contribution is 0.335. The van der Waals surface area contributed by atoms with Crippen molar-refractivity contribution in [2.45, 2.75) is 56.8 Å². The van der Waals surface area contributed by atoms with Crippen LogP contribution in [0.1, 0.15) is 48.6 Å². The number of rotatable bonds is 7. The highest BCUT2D eigenvalue weighted by molar-refractivity contribution is 7.89. The predicted molar refractivity (Wildman–Crippen MR) is 107 cm³/mol. The second-order valence-electron chi connectivity index (χ2n) is 7.11. The molecule has 3 rings (SSSR count). The van der Waals surface area contributed by atoms with E-state index in [1.54, 1.807) is 23.5 Å². The highest BCUT2D eigenvalue weighted by Crippen LogP contribution is 2.42. The lowest BCUT2D eigenvalue weighted by Crippen LogP contribution is -2.38. The Hall–Kier alpha value is -1.37. The van der Waals surface area contributed by atoms with Crippen LogP contribution in [0.15, 0.2) is 34.5 Å². The zero-order valence-electron chi connectivity index (χ0n) is 15.7. The van der Waals surface area contributed by atoms with Crippen LogP contribution in [-0.2, 0) is 15.4 Å². The molecular formula is C20H27NO3S2. The predicted octanol–water partition coefficient (Wildman–Crippen LogP) is 4.55. The molecule has 1 heterocycles. The van der Waals surface area contributed by atoms with Gasteiger partial charge in [-0.25, -0.2) is 13.1 Å². The van der Waals surface area contributed by atoms with E-state index in [1.807, 2.05) is 26.8 Å². The summed E-state index contributed by atoms with van der Waals surface area (Å²) in [7, 11) is -3.55. The monoisotopic (exact) mass is 393 g/mol. The molecule has 1 aromatic heterocycles. The molecule has 0 saturated heterocycles. The van der Waals surface area contributed by atoms with Gasteiger partial charge in [-0.3, -0.25) is 0 Å². The van der Waals surface area contributed by atoms with Crippen LogP contribution in [0.2, 0.25) is 0 Å². The standard InChI is InChI=1S/C20H27NO3S2/c1-4-24-19-15(2)12-17(13-16(19)3)26(22,23)21-14-20(9-5-6-10-20)18-8-7-11-25-18/h7-8,11-13,21H,4-6,9-10,14H2,1-3H3. The molecule has 1 saturated carbocycles. The van der Waals surface area contributed by atoms with Crippen LogP contribution in [0.3, 0.4) is 0 Å². The molecule has 0 aliphatic heterocycles. The molecule has 4 nitrogen and oxygen atoms in total. The van der Waals surface area contributed by atoms with Gasteiger partial charge in [-0.15, -0.1) is 11.3 Å². The van der Waals surface area contributed by atoms with Crippen molar-refractivity contribution in [2.24, 2.45) is 0 Å². The van der Waals surface area contributed by atoms with Gasteiger partial charge in [0.15, 0.2) is 0 Å². The Labute approximate surface area is 160 Å². The number of ether oxygens (including phenoxy) is 1. The first-order chi connectivity index (χ1) is 12.4. The average Bonchev–Trinajstić information content (AvgIpc) is 3.28. The fourth-order valence-electron chi connectivity index (χ4n) is 3.90. The maximum absolute atomic E-state index is 12.9. The minimum Gasteiger partial charge on any atom is -0.493 e. The van der Waals surface area contributed by atoms with Gasteiger partial charge in [0.25, 0.3) is 0 Å². The van der Waals surface area contributed by atoms with Crippen LogP contribution in [0.5, 0.6) is 5.75 Å². The normalized spacial score (nSPS) is 16.7. The van der Waals surface area contributed by atoms with Gasteiger partial charge in [0, 0.05) is 16.8 Å². The smallest absolute Gasteiger partial charge is 0.240 e. The van der Waals surface area contributed by atoms with Gasteiger partial charge in [0.1, 0.15) is 5.75 Å². The van der Waals surface area contributed by atoms with E-state index in [0.29, 0.717) is 18.0 Å². The van der Waals surface area contributed by atoms with Crippen molar-refractivity contribution in [1.29, 1.82) is 0 Å². The van der Waals surface area contributed by atoms with Crippen LogP contribution in [0.25, 0.3) is 0 Å². The lowest BCUT2D eigenvalue weighted by atomic mass is 9.85. The van der Waals surface area contributed by atoms with E-state index in [9.17, 15) is 8.42 Å². The van der Waals surface area contributed by atoms with Crippen molar-refractivity contribution >= 4 is 21.4 Å². The van der Waals surface area contributed by atoms with Crippen LogP contribution < -0.4 is 9.46 Å². The molecule has 1 aromatic carbocycles. The lowest BCUT2D eigenvalue weighted by Gasteiger charge is -2.28. The summed E-state index contributed by atoms with van der Waals surface area (Å²) >= 11 is 1.73. The Morgan fingerprint density at radius 1 is 1.19 bits per heavy atom. The minimum absolute atomic E-state index is 0.0589. The van der Waals surface area contributed by atoms with Crippen LogP contribution in [0.4, 0.5) is 0 Å². The minimum atomic E-state index is -3.55. The molecule has 0 spiro atoms. The van der Waals surface area contributed by atoms with E-state index in [0.717, 1.165) is 42.6 Å². The molecule has 1 N–H and O–H groups in total. The Balaban J connectivity index is 1.83. The molecule has 0 unspecified atom stereocenters. The first kappa shape index (κ1) is 19.4. The Morgan fingerprint density at radius 2 is 1.85 bits per heavy atom. The average molecular weight is 394 g/mol. The summed E-state index contributed by atoms with van der Waals surface area (Å²) in [4.78, 5) is 1.60. The summed E-state index contributed by atoms with van der Waals surface area (Å²) in [5, 5.41) is 2.07. The molecule has 0 bridgehead atoms. The van der Waals surface area contributed by atoms with Gasteiger partial charge >= 0.3 is 0 Å². The first-order valence-corrected chi connectivity index (χ1v) is 11.5. The summed E-state index contributed by atoms with van der Waals surface area (Å²) in [5.41, 5.74) is 1.64. The largest absolute Gasteiger partial charge is 0.493 e. The van der Waals surface area contributed by atoms with E-state index < -0.39 is 10.0 Å². The van der Waals surface area contributed by atoms with Gasteiger partial charge in [0.05, 0.1) is 11.5 Å². The Morgan fingerprint density at radius 3 is 2.38 bits per heavy atom. The van der Waals surface area contributed by atoms with E-state index in [-0.39, 0.29) is 5.41 Å². The number of hydrogen-bond donors (Lipinski definition) is 1. The fourth-order valence-corrected chi connectivity index (χ4v) is 6.18. The third-order valence-corrected chi connectivity index (χ3v) is 7.73. The zero-order chi connectivity index (χ0) is 18.8. The maximum Gasteiger partial charge on any atom is 0.240 e. The highest BCUT2D eigenvalue weighted by Gasteiger charge is 2.37. The van der Waals surface area contributed by atoms with Crippen molar-refractivity contribution < 1.29 is 13.2 Å². The second kappa shape index (κ2) is 7.71. The molecule has 1 fully saturated rings. The Bertz CT molecular complexity index is 828. The van der Waals surface area contributed by atoms with Crippen molar-refractivity contribution in [3.8, 4) is 5.75 Å². The van der Waals surface area contributed by atoms with E-state index in [2.05, 4.69) is 16.2 Å². The zero-order valence-corrected chi connectivity index (χ0v) is 17.3. The summed E-state index contributed by atoms with van der Waals surface area (Å²) in [6, 6.07) is 7.59. The Kier molecular flexibility index (Phi) is 5.75. The number of aryl methyl sites for hydroxylation is 2. The third kappa shape index (κ3) is 3.82. The van der Waals surface area contributed by atoms with E-state index in [4.69, 9.17) is 4.74 Å². The summed E-state index contributed by atoms with van der Waals surface area (Å²) in [6.07, 6.45) is 4.39. The van der Waals surface area contributed by atoms with Crippen LogP contribution in [0, 0.1) is 13.8 Å². The van der Waals surface area contributed by atoms with Gasteiger partial charge < -0.3 is 4.74 Å². The number of thiophene rings is 1. The molecule has 142 valence electrons. The SMILES string of the molecule is CCOc1c(C)cc(S(=O)(=O)NCC2(c3cccs3)CCCC2)cc1C. The highest BCUT2D eigenvalue weighted by atomic mass is 32.2. The second-order valence-corrected chi connectivity index (χ2v) is 9.82. The maximum atomic E-state index is 12.9. The summed E-state index contributed by atoms with van der Waals surface area (Å²) in [5.74, 6) is 0.775. The molecular weight excluding hydrogens is 366 g/mol. The molecule has 26 heavy (non-hydrogen) atoms. The molecule has 0 radical (unpaired) electrons. The van der Waals surface area contributed by atoms with E-state index in [1.165, 1.54) is 4.88 Å². The van der Waals surface area contributed by atoms with Crippen LogP contribution >= 0.6 is 11.3 Å². The van der Waals surface area contributed by atoms with Gasteiger partial charge in [-0.1, -0.05) is 18.9 Å². The van der Waals surface area contributed by atoms with Gasteiger partial charge in [-0.05, 0) is 68.3 Å². The molecule has 6 heteroatoms. The van der Waals surface area contributed by atoms with E-state index >= 15 is 0 Å². The molecule has 0 amide bonds. The topological polar surface area (TPSA) is 55.4 Å². The van der Waals surface area contributed by atoms with Crippen molar-refractivity contribution in [2.75, 3.05) is 13.2 Å². The molecule has 0 atom stereocenters. The van der Waals surface area contributed by atoms with Crippen molar-refractivity contribution in [1.82, 2.24) is 4.72 Å². The quantitative estimate of drug-likeness (QED) is 0.750. The molecule has 1 aliphatic rings. The van der Waals surface area contributed by atoms with Crippen molar-refractivity contribution in [3.63, 3.8) is 0 Å².